The summed E-state index contributed by atoms with van der Waals surface area (Å²) in [6.45, 7) is 4.17. The molecule has 1 heterocycles. The standard InChI is InChI=1S/C27H24N2O5S/c1-16(2)17-7-11-19(12-8-17)29-24(30)15-23(26(29)32)35-20-13-9-18(10-14-20)28-25(31)21-5-3-4-6-22(21)27(33)34/h3-14,16,23H,15H2,1-2H3,(H,28,31)(H,33,34). The molecule has 0 saturated carbocycles. The average molecular weight is 489 g/mol. The molecule has 35 heavy (non-hydrogen) atoms. The fourth-order valence-electron chi connectivity index (χ4n) is 3.82. The van der Waals surface area contributed by atoms with Crippen LogP contribution in [0.5, 0.6) is 0 Å². The maximum Gasteiger partial charge on any atom is 0.336 e. The van der Waals surface area contributed by atoms with E-state index < -0.39 is 17.1 Å². The van der Waals surface area contributed by atoms with Crippen LogP contribution < -0.4 is 10.2 Å². The van der Waals surface area contributed by atoms with Crippen LogP contribution in [0, 0.1) is 0 Å². The van der Waals surface area contributed by atoms with Gasteiger partial charge in [0.25, 0.3) is 5.91 Å². The van der Waals surface area contributed by atoms with E-state index in [0.717, 1.165) is 10.5 Å². The van der Waals surface area contributed by atoms with Crippen LogP contribution in [0.25, 0.3) is 0 Å². The second-order valence-electron chi connectivity index (χ2n) is 8.45. The SMILES string of the molecule is CC(C)c1ccc(N2C(=O)CC(Sc3ccc(NC(=O)c4ccccc4C(=O)O)cc3)C2=O)cc1. The van der Waals surface area contributed by atoms with E-state index in [1.807, 2.05) is 12.1 Å². The highest BCUT2D eigenvalue weighted by Crippen LogP contribution is 2.35. The number of thioether (sulfide) groups is 1. The van der Waals surface area contributed by atoms with Crippen LogP contribution in [0.2, 0.25) is 0 Å². The molecule has 7 nitrogen and oxygen atoms in total. The number of amides is 3. The summed E-state index contributed by atoms with van der Waals surface area (Å²) in [6.07, 6.45) is 0.111. The second kappa shape index (κ2) is 10.1. The van der Waals surface area contributed by atoms with E-state index in [-0.39, 0.29) is 29.4 Å². The van der Waals surface area contributed by atoms with Crippen molar-refractivity contribution in [2.45, 2.75) is 36.3 Å². The Labute approximate surface area is 207 Å². The maximum absolute atomic E-state index is 13.0. The molecular formula is C27H24N2O5S. The summed E-state index contributed by atoms with van der Waals surface area (Å²) in [4.78, 5) is 51.5. The fraction of sp³-hybridized carbons (Fsp3) is 0.185. The number of carbonyl (C=O) groups excluding carboxylic acids is 3. The minimum atomic E-state index is -1.18. The Hall–Kier alpha value is -3.91. The summed E-state index contributed by atoms with van der Waals surface area (Å²) in [5.41, 5.74) is 2.19. The van der Waals surface area contributed by atoms with E-state index in [0.29, 0.717) is 17.3 Å². The van der Waals surface area contributed by atoms with Gasteiger partial charge in [-0.1, -0.05) is 38.1 Å². The molecule has 3 aromatic carbocycles. The van der Waals surface area contributed by atoms with Gasteiger partial charge in [0.05, 0.1) is 22.1 Å². The van der Waals surface area contributed by atoms with Crippen molar-refractivity contribution in [3.8, 4) is 0 Å². The molecule has 1 aliphatic rings. The first-order valence-electron chi connectivity index (χ1n) is 11.1. The van der Waals surface area contributed by atoms with E-state index in [4.69, 9.17) is 0 Å². The Balaban J connectivity index is 1.42. The summed E-state index contributed by atoms with van der Waals surface area (Å²) in [6, 6.07) is 20.3. The third-order valence-electron chi connectivity index (χ3n) is 5.72. The van der Waals surface area contributed by atoms with Crippen molar-refractivity contribution in [1.29, 1.82) is 0 Å². The summed E-state index contributed by atoms with van der Waals surface area (Å²) < 4.78 is 0. The van der Waals surface area contributed by atoms with Gasteiger partial charge in [0, 0.05) is 17.0 Å². The predicted molar refractivity (Wildman–Crippen MR) is 135 cm³/mol. The van der Waals surface area contributed by atoms with Gasteiger partial charge < -0.3 is 10.4 Å². The Bertz CT molecular complexity index is 1290. The molecule has 1 aliphatic heterocycles. The average Bonchev–Trinajstić information content (AvgIpc) is 3.12. The molecule has 4 rings (SSSR count). The van der Waals surface area contributed by atoms with E-state index in [2.05, 4.69) is 19.2 Å². The zero-order valence-electron chi connectivity index (χ0n) is 19.2. The molecule has 0 radical (unpaired) electrons. The van der Waals surface area contributed by atoms with Crippen molar-refractivity contribution in [3.05, 3.63) is 89.5 Å². The van der Waals surface area contributed by atoms with Crippen LogP contribution in [0.1, 0.15) is 52.5 Å². The van der Waals surface area contributed by atoms with Crippen molar-refractivity contribution < 1.29 is 24.3 Å². The Morgan fingerprint density at radius 3 is 2.17 bits per heavy atom. The minimum absolute atomic E-state index is 0.0648. The number of nitrogens with one attached hydrogen (secondary N) is 1. The highest BCUT2D eigenvalue weighted by Gasteiger charge is 2.40. The molecule has 0 bridgehead atoms. The molecule has 178 valence electrons. The number of hydrogen-bond acceptors (Lipinski definition) is 5. The van der Waals surface area contributed by atoms with E-state index in [9.17, 15) is 24.3 Å². The van der Waals surface area contributed by atoms with Gasteiger partial charge >= 0.3 is 5.97 Å². The molecule has 0 aliphatic carbocycles. The molecule has 1 saturated heterocycles. The van der Waals surface area contributed by atoms with Crippen molar-refractivity contribution in [2.24, 2.45) is 0 Å². The highest BCUT2D eigenvalue weighted by molar-refractivity contribution is 8.00. The summed E-state index contributed by atoms with van der Waals surface area (Å²) in [5.74, 6) is -1.83. The lowest BCUT2D eigenvalue weighted by atomic mass is 10.0. The molecule has 3 amide bonds. The number of nitrogens with zero attached hydrogens (tertiary/aromatic N) is 1. The lowest BCUT2D eigenvalue weighted by Gasteiger charge is -2.16. The van der Waals surface area contributed by atoms with Crippen molar-refractivity contribution >= 4 is 46.8 Å². The third kappa shape index (κ3) is 5.27. The summed E-state index contributed by atoms with van der Waals surface area (Å²) >= 11 is 1.30. The number of carboxylic acids is 1. The molecule has 2 N–H and O–H groups in total. The van der Waals surface area contributed by atoms with Crippen LogP contribution in [-0.2, 0) is 9.59 Å². The van der Waals surface area contributed by atoms with Gasteiger partial charge in [-0.25, -0.2) is 9.69 Å². The molecular weight excluding hydrogens is 464 g/mol. The number of benzene rings is 3. The van der Waals surface area contributed by atoms with Gasteiger partial charge in [-0.2, -0.15) is 0 Å². The molecule has 3 aromatic rings. The fourth-order valence-corrected chi connectivity index (χ4v) is 4.88. The zero-order chi connectivity index (χ0) is 25.1. The molecule has 1 fully saturated rings. The quantitative estimate of drug-likeness (QED) is 0.444. The number of carbonyl (C=O) groups is 4. The molecule has 1 atom stereocenters. The summed E-state index contributed by atoms with van der Waals surface area (Å²) in [7, 11) is 0. The minimum Gasteiger partial charge on any atom is -0.478 e. The van der Waals surface area contributed by atoms with Crippen LogP contribution in [0.15, 0.2) is 77.7 Å². The van der Waals surface area contributed by atoms with Gasteiger partial charge in [-0.3, -0.25) is 14.4 Å². The van der Waals surface area contributed by atoms with Crippen LogP contribution in [0.3, 0.4) is 0 Å². The van der Waals surface area contributed by atoms with Crippen LogP contribution >= 0.6 is 11.8 Å². The smallest absolute Gasteiger partial charge is 0.336 e. The molecule has 1 unspecified atom stereocenters. The monoisotopic (exact) mass is 488 g/mol. The number of aromatic carboxylic acids is 1. The number of imide groups is 1. The van der Waals surface area contributed by atoms with Crippen molar-refractivity contribution in [3.63, 3.8) is 0 Å². The normalized spacial score (nSPS) is 15.5. The van der Waals surface area contributed by atoms with E-state index >= 15 is 0 Å². The molecule has 0 aromatic heterocycles. The Kier molecular flexibility index (Phi) is 7.02. The number of carboxylic acid groups (broad SMARTS) is 1. The van der Waals surface area contributed by atoms with Gasteiger partial charge in [0.1, 0.15) is 0 Å². The maximum atomic E-state index is 13.0. The van der Waals surface area contributed by atoms with Gasteiger partial charge in [0.15, 0.2) is 0 Å². The van der Waals surface area contributed by atoms with Crippen LogP contribution in [0.4, 0.5) is 11.4 Å². The van der Waals surface area contributed by atoms with Crippen molar-refractivity contribution in [2.75, 3.05) is 10.2 Å². The predicted octanol–water partition coefficient (Wildman–Crippen LogP) is 5.18. The highest BCUT2D eigenvalue weighted by atomic mass is 32.2. The van der Waals surface area contributed by atoms with Gasteiger partial charge in [0.2, 0.25) is 11.8 Å². The van der Waals surface area contributed by atoms with Gasteiger partial charge in [-0.15, -0.1) is 11.8 Å². The van der Waals surface area contributed by atoms with Crippen molar-refractivity contribution in [1.82, 2.24) is 0 Å². The number of hydrogen-bond donors (Lipinski definition) is 2. The third-order valence-corrected chi connectivity index (χ3v) is 6.91. The first-order chi connectivity index (χ1) is 16.7. The zero-order valence-corrected chi connectivity index (χ0v) is 20.0. The van der Waals surface area contributed by atoms with E-state index in [1.54, 1.807) is 48.5 Å². The Morgan fingerprint density at radius 2 is 1.57 bits per heavy atom. The largest absolute Gasteiger partial charge is 0.478 e. The molecule has 0 spiro atoms. The lowest BCUT2D eigenvalue weighted by molar-refractivity contribution is -0.121. The summed E-state index contributed by atoms with van der Waals surface area (Å²) in [5, 5.41) is 11.4. The number of rotatable bonds is 7. The first kappa shape index (κ1) is 24.2. The second-order valence-corrected chi connectivity index (χ2v) is 9.73. The lowest BCUT2D eigenvalue weighted by Crippen LogP contribution is -2.31. The molecule has 8 heteroatoms. The van der Waals surface area contributed by atoms with Gasteiger partial charge in [-0.05, 0) is 60.0 Å². The first-order valence-corrected chi connectivity index (χ1v) is 12.0. The van der Waals surface area contributed by atoms with Crippen LogP contribution in [-0.4, -0.2) is 34.0 Å². The Morgan fingerprint density at radius 1 is 0.943 bits per heavy atom. The van der Waals surface area contributed by atoms with E-state index in [1.165, 1.54) is 28.8 Å². The number of anilines is 2. The topological polar surface area (TPSA) is 104 Å².